The van der Waals surface area contributed by atoms with Crippen molar-refractivity contribution in [3.63, 3.8) is 0 Å². The van der Waals surface area contributed by atoms with Crippen molar-refractivity contribution in [3.05, 3.63) is 53.6 Å². The lowest BCUT2D eigenvalue weighted by atomic mass is 10.0. The van der Waals surface area contributed by atoms with E-state index in [-0.39, 0.29) is 34.6 Å². The molecule has 9 nitrogen and oxygen atoms in total. The Labute approximate surface area is 231 Å². The minimum absolute atomic E-state index is 0.0626. The molecule has 2 atom stereocenters. The van der Waals surface area contributed by atoms with Crippen LogP contribution in [0.2, 0.25) is 0 Å². The third-order valence-corrected chi connectivity index (χ3v) is 9.09. The van der Waals surface area contributed by atoms with Crippen LogP contribution in [0.15, 0.2) is 47.4 Å². The summed E-state index contributed by atoms with van der Waals surface area (Å²) in [5.41, 5.74) is 1.28. The molecule has 0 aromatic heterocycles. The summed E-state index contributed by atoms with van der Waals surface area (Å²) in [6.45, 7) is 1.75. The molecule has 0 spiro atoms. The van der Waals surface area contributed by atoms with Gasteiger partial charge in [0.1, 0.15) is 11.5 Å². The van der Waals surface area contributed by atoms with Gasteiger partial charge >= 0.3 is 6.36 Å². The molecular weight excluding hydrogens is 551 g/mol. The fourth-order valence-electron chi connectivity index (χ4n) is 5.30. The van der Waals surface area contributed by atoms with E-state index in [0.29, 0.717) is 43.7 Å². The summed E-state index contributed by atoms with van der Waals surface area (Å²) in [5.74, 6) is -1.30. The number of carbonyl (C=O) groups is 2. The summed E-state index contributed by atoms with van der Waals surface area (Å²) in [6, 6.07) is 9.72. The highest BCUT2D eigenvalue weighted by molar-refractivity contribution is 8.25. The largest absolute Gasteiger partial charge is 0.573 e. The van der Waals surface area contributed by atoms with Crippen LogP contribution in [0.1, 0.15) is 36.4 Å². The number of rotatable bonds is 9. The molecule has 1 saturated heterocycles. The van der Waals surface area contributed by atoms with Gasteiger partial charge in [0.2, 0.25) is 11.8 Å². The zero-order chi connectivity index (χ0) is 28.7. The number of halogens is 3. The predicted molar refractivity (Wildman–Crippen MR) is 142 cm³/mol. The average molecular weight is 584 g/mol. The van der Waals surface area contributed by atoms with E-state index in [1.54, 1.807) is 23.1 Å². The number of β-amino-alcohol motifs (C(OH)–C–C–N with tert-alkyl or cyclic N) is 1. The second kappa shape index (κ2) is 11.2. The van der Waals surface area contributed by atoms with Crippen LogP contribution >= 0.6 is 10.6 Å². The first-order valence-corrected chi connectivity index (χ1v) is 14.8. The molecule has 2 heterocycles. The Hall–Kier alpha value is -2.84. The number of nitrogens with one attached hydrogen (secondary N) is 1. The van der Waals surface area contributed by atoms with Gasteiger partial charge in [-0.15, -0.1) is 13.2 Å². The second-order valence-electron chi connectivity index (χ2n) is 10.7. The summed E-state index contributed by atoms with van der Waals surface area (Å²) in [5, 5.41) is 12.7. The number of aliphatic hydroxyl groups is 1. The number of ether oxygens (including phenoxy) is 1. The molecule has 2 aliphatic heterocycles. The smallest absolute Gasteiger partial charge is 0.406 e. The molecular formula is C27H32F3N3O6S. The number of hydrogen-bond acceptors (Lipinski definition) is 7. The zero-order valence-corrected chi connectivity index (χ0v) is 22.5. The minimum Gasteiger partial charge on any atom is -0.406 e. The molecule has 2 amide bonds. The van der Waals surface area contributed by atoms with Crippen LogP contribution in [0, 0.1) is 5.92 Å². The van der Waals surface area contributed by atoms with E-state index in [2.05, 4.69) is 10.1 Å². The molecule has 2 aromatic rings. The first-order valence-electron chi connectivity index (χ1n) is 13.1. The van der Waals surface area contributed by atoms with Crippen molar-refractivity contribution in [2.45, 2.75) is 49.1 Å². The molecule has 3 aliphatic rings. The van der Waals surface area contributed by atoms with Crippen molar-refractivity contribution in [1.82, 2.24) is 9.80 Å². The van der Waals surface area contributed by atoms with Gasteiger partial charge in [-0.2, -0.15) is 10.6 Å². The van der Waals surface area contributed by atoms with Crippen LogP contribution in [0.4, 0.5) is 18.9 Å². The molecule has 0 unspecified atom stereocenters. The maximum atomic E-state index is 13.9. The van der Waals surface area contributed by atoms with E-state index < -0.39 is 40.8 Å². The molecule has 0 radical (unpaired) electrons. The van der Waals surface area contributed by atoms with E-state index in [1.165, 1.54) is 24.3 Å². The normalized spacial score (nSPS) is 22.2. The van der Waals surface area contributed by atoms with Gasteiger partial charge in [0, 0.05) is 26.2 Å². The Morgan fingerprint density at radius 1 is 1.18 bits per heavy atom. The Balaban J connectivity index is 1.44. The quantitative estimate of drug-likeness (QED) is 0.349. The lowest BCUT2D eigenvalue weighted by Crippen LogP contribution is -2.43. The van der Waals surface area contributed by atoms with E-state index in [9.17, 15) is 37.0 Å². The van der Waals surface area contributed by atoms with Gasteiger partial charge in [-0.1, -0.05) is 18.2 Å². The van der Waals surface area contributed by atoms with Crippen LogP contribution in [0.5, 0.6) is 5.75 Å². The number of anilines is 1. The number of nitrogens with zero attached hydrogens (tertiary/aromatic N) is 2. The van der Waals surface area contributed by atoms with Crippen LogP contribution in [-0.4, -0.2) is 80.2 Å². The van der Waals surface area contributed by atoms with E-state index in [4.69, 9.17) is 0 Å². The predicted octanol–water partition coefficient (Wildman–Crippen LogP) is 4.24. The van der Waals surface area contributed by atoms with E-state index in [0.717, 1.165) is 12.8 Å². The number of carbonyl (C=O) groups excluding carboxylic acids is 2. The summed E-state index contributed by atoms with van der Waals surface area (Å²) in [7, 11) is -3.27. The Morgan fingerprint density at radius 3 is 2.62 bits per heavy atom. The van der Waals surface area contributed by atoms with Crippen LogP contribution < -0.4 is 10.1 Å². The van der Waals surface area contributed by atoms with Crippen molar-refractivity contribution in [3.8, 4) is 5.75 Å². The van der Waals surface area contributed by atoms with Crippen molar-refractivity contribution >= 4 is 28.1 Å². The Bertz CT molecular complexity index is 1270. The fraction of sp³-hybridized carbons (Fsp3) is 0.481. The number of alkyl halides is 3. The van der Waals surface area contributed by atoms with Crippen LogP contribution in [0.25, 0.3) is 0 Å². The standard InChI is InChI=1S/C27H32F3N3O6S/c28-27(29,30)39-21-3-1-2-19(12-21)23(15-32-9-8-20(34)14-32)33(13-17-4-5-17)26(36)11-18-6-7-24-22(10-18)31-25(35)16-40(24,37)38/h1-3,6-7,10,12,17,20,23,34,37-38H,4-5,8-9,11,13-16H2,(H,31,35)/t20-,23+/m0/s1. The average Bonchev–Trinajstić information content (AvgIpc) is 3.58. The van der Waals surface area contributed by atoms with Gasteiger partial charge in [0.05, 0.1) is 29.1 Å². The molecule has 218 valence electrons. The van der Waals surface area contributed by atoms with Gasteiger partial charge in [-0.3, -0.25) is 23.6 Å². The lowest BCUT2D eigenvalue weighted by Gasteiger charge is -2.37. The second-order valence-corrected chi connectivity index (χ2v) is 12.8. The molecule has 0 bridgehead atoms. The summed E-state index contributed by atoms with van der Waals surface area (Å²) < 4.78 is 63.7. The van der Waals surface area contributed by atoms with Gasteiger partial charge in [-0.05, 0) is 60.6 Å². The number of hydrogen-bond donors (Lipinski definition) is 4. The van der Waals surface area contributed by atoms with Gasteiger partial charge in [0.15, 0.2) is 0 Å². The molecule has 4 N–H and O–H groups in total. The Kier molecular flexibility index (Phi) is 8.03. The maximum absolute atomic E-state index is 13.9. The molecule has 1 saturated carbocycles. The fourth-order valence-corrected chi connectivity index (χ4v) is 6.64. The van der Waals surface area contributed by atoms with Crippen LogP contribution in [-0.2, 0) is 16.0 Å². The highest BCUT2D eigenvalue weighted by Crippen LogP contribution is 2.53. The monoisotopic (exact) mass is 583 g/mol. The number of fused-ring (bicyclic) bond motifs is 1. The van der Waals surface area contributed by atoms with Gasteiger partial charge in [0.25, 0.3) is 0 Å². The highest BCUT2D eigenvalue weighted by Gasteiger charge is 2.36. The minimum atomic E-state index is -4.86. The van der Waals surface area contributed by atoms with Crippen molar-refractivity contribution < 1.29 is 41.7 Å². The summed E-state index contributed by atoms with van der Waals surface area (Å²) >= 11 is 0. The third-order valence-electron chi connectivity index (χ3n) is 7.36. The number of benzene rings is 2. The number of likely N-dealkylation sites (tertiary alicyclic amines) is 1. The van der Waals surface area contributed by atoms with E-state index in [1.807, 2.05) is 4.90 Å². The molecule has 2 aromatic carbocycles. The maximum Gasteiger partial charge on any atom is 0.573 e. The molecule has 2 fully saturated rings. The van der Waals surface area contributed by atoms with Gasteiger partial charge < -0.3 is 20.1 Å². The molecule has 5 rings (SSSR count). The number of aliphatic hydroxyl groups excluding tert-OH is 1. The van der Waals surface area contributed by atoms with Crippen molar-refractivity contribution in [1.29, 1.82) is 0 Å². The third kappa shape index (κ3) is 7.07. The first-order chi connectivity index (χ1) is 18.9. The molecule has 1 aliphatic carbocycles. The SMILES string of the molecule is O=C1CS(O)(O)c2ccc(CC(=O)N(CC3CC3)[C@H](CN3CC[C@H](O)C3)c3cccc(OC(F)(F)F)c3)cc2N1. The summed E-state index contributed by atoms with van der Waals surface area (Å²) in [4.78, 5) is 29.7. The molecule has 40 heavy (non-hydrogen) atoms. The Morgan fingerprint density at radius 2 is 1.95 bits per heavy atom. The van der Waals surface area contributed by atoms with Crippen molar-refractivity contribution in [2.24, 2.45) is 5.92 Å². The summed E-state index contributed by atoms with van der Waals surface area (Å²) in [6.07, 6.45) is -2.97. The lowest BCUT2D eigenvalue weighted by molar-refractivity contribution is -0.274. The highest BCUT2D eigenvalue weighted by atomic mass is 32.3. The van der Waals surface area contributed by atoms with Crippen LogP contribution in [0.3, 0.4) is 0 Å². The topological polar surface area (TPSA) is 123 Å². The zero-order valence-electron chi connectivity index (χ0n) is 21.6. The number of amides is 2. The molecule has 13 heteroatoms. The first kappa shape index (κ1) is 28.7. The van der Waals surface area contributed by atoms with Gasteiger partial charge in [-0.25, -0.2) is 0 Å². The van der Waals surface area contributed by atoms with Crippen molar-refractivity contribution in [2.75, 3.05) is 37.2 Å². The van der Waals surface area contributed by atoms with E-state index >= 15 is 0 Å².